The van der Waals surface area contributed by atoms with E-state index in [1.54, 1.807) is 20.8 Å². The predicted octanol–water partition coefficient (Wildman–Crippen LogP) is 2.23. The van der Waals surface area contributed by atoms with Crippen molar-refractivity contribution in [2.75, 3.05) is 13.7 Å². The van der Waals surface area contributed by atoms with Crippen molar-refractivity contribution < 1.29 is 23.8 Å². The number of carbonyl (C=O) groups excluding carboxylic acids is 2. The maximum Gasteiger partial charge on any atom is 0.408 e. The average Bonchev–Trinajstić information content (AvgIpc) is 2.91. The molecule has 6 heteroatoms. The molecule has 126 valence electrons. The number of esters is 1. The predicted molar refractivity (Wildman–Crippen MR) is 84.5 cm³/mol. The van der Waals surface area contributed by atoms with E-state index in [4.69, 9.17) is 14.2 Å². The van der Waals surface area contributed by atoms with Gasteiger partial charge in [-0.05, 0) is 38.0 Å². The van der Waals surface area contributed by atoms with Crippen LogP contribution >= 0.6 is 0 Å². The molecule has 0 radical (unpaired) electrons. The van der Waals surface area contributed by atoms with Crippen molar-refractivity contribution in [3.05, 3.63) is 29.3 Å². The molecule has 0 fully saturated rings. The monoisotopic (exact) mass is 321 g/mol. The first-order valence-electron chi connectivity index (χ1n) is 7.60. The number of hydrogen-bond donors (Lipinski definition) is 1. The van der Waals surface area contributed by atoms with Crippen LogP contribution in [0.5, 0.6) is 5.75 Å². The van der Waals surface area contributed by atoms with E-state index < -0.39 is 23.7 Å². The van der Waals surface area contributed by atoms with Gasteiger partial charge in [-0.15, -0.1) is 0 Å². The number of ether oxygens (including phenoxy) is 3. The molecule has 1 atom stereocenters. The van der Waals surface area contributed by atoms with E-state index >= 15 is 0 Å². The number of carbonyl (C=O) groups is 2. The highest BCUT2D eigenvalue weighted by atomic mass is 16.6. The third-order valence-electron chi connectivity index (χ3n) is 3.37. The molecule has 1 unspecified atom stereocenters. The van der Waals surface area contributed by atoms with Gasteiger partial charge in [0.25, 0.3) is 0 Å². The molecular formula is C17H23NO5. The fourth-order valence-electron chi connectivity index (χ4n) is 2.39. The van der Waals surface area contributed by atoms with Gasteiger partial charge in [0.2, 0.25) is 0 Å². The standard InChI is InChI=1S/C17H23NO5/c1-17(2,3)23-16(20)18-13(15(19)21-4)10-11-5-6-14-12(9-11)7-8-22-14/h5-6,9,13H,7-8,10H2,1-4H3,(H,18,20). The number of hydrogen-bond acceptors (Lipinski definition) is 5. The molecule has 6 nitrogen and oxygen atoms in total. The van der Waals surface area contributed by atoms with Crippen molar-refractivity contribution in [2.24, 2.45) is 0 Å². The Morgan fingerprint density at radius 1 is 1.35 bits per heavy atom. The maximum atomic E-state index is 11.9. The van der Waals surface area contributed by atoms with Crippen molar-refractivity contribution in [2.45, 2.75) is 45.3 Å². The van der Waals surface area contributed by atoms with Crippen molar-refractivity contribution in [1.29, 1.82) is 0 Å². The Hall–Kier alpha value is -2.24. The summed E-state index contributed by atoms with van der Waals surface area (Å²) in [6.07, 6.45) is 0.544. The number of amides is 1. The number of alkyl carbamates (subject to hydrolysis) is 1. The SMILES string of the molecule is COC(=O)C(Cc1ccc2c(c1)CCO2)NC(=O)OC(C)(C)C. The van der Waals surface area contributed by atoms with Crippen molar-refractivity contribution in [1.82, 2.24) is 5.32 Å². The molecule has 0 aromatic heterocycles. The van der Waals surface area contributed by atoms with Crippen LogP contribution in [0.25, 0.3) is 0 Å². The number of rotatable bonds is 4. The zero-order valence-corrected chi connectivity index (χ0v) is 14.0. The van der Waals surface area contributed by atoms with Gasteiger partial charge < -0.3 is 19.5 Å². The summed E-state index contributed by atoms with van der Waals surface area (Å²) in [5, 5.41) is 2.57. The summed E-state index contributed by atoms with van der Waals surface area (Å²) in [5.41, 5.74) is 1.42. The van der Waals surface area contributed by atoms with E-state index in [1.807, 2.05) is 18.2 Å². The van der Waals surface area contributed by atoms with Gasteiger partial charge in [-0.25, -0.2) is 9.59 Å². The Morgan fingerprint density at radius 2 is 2.09 bits per heavy atom. The second kappa shape index (κ2) is 6.89. The van der Waals surface area contributed by atoms with Gasteiger partial charge in [0.15, 0.2) is 0 Å². The first-order valence-corrected chi connectivity index (χ1v) is 7.60. The van der Waals surface area contributed by atoms with Gasteiger partial charge in [-0.1, -0.05) is 12.1 Å². The lowest BCUT2D eigenvalue weighted by Crippen LogP contribution is -2.45. The molecular weight excluding hydrogens is 298 g/mol. The molecule has 2 rings (SSSR count). The van der Waals surface area contributed by atoms with Crippen LogP contribution in [0.1, 0.15) is 31.9 Å². The van der Waals surface area contributed by atoms with Crippen LogP contribution in [0.15, 0.2) is 18.2 Å². The zero-order valence-electron chi connectivity index (χ0n) is 14.0. The summed E-state index contributed by atoms with van der Waals surface area (Å²) >= 11 is 0. The topological polar surface area (TPSA) is 73.9 Å². The second-order valence-corrected chi connectivity index (χ2v) is 6.47. The number of fused-ring (bicyclic) bond motifs is 1. The molecule has 0 aliphatic carbocycles. The smallest absolute Gasteiger partial charge is 0.408 e. The van der Waals surface area contributed by atoms with Crippen LogP contribution in [0.4, 0.5) is 4.79 Å². The van der Waals surface area contributed by atoms with Crippen molar-refractivity contribution >= 4 is 12.1 Å². The first-order chi connectivity index (χ1) is 10.8. The Kier molecular flexibility index (Phi) is 5.13. The molecule has 1 aliphatic heterocycles. The summed E-state index contributed by atoms with van der Waals surface area (Å²) in [6.45, 7) is 5.97. The molecule has 0 saturated heterocycles. The third kappa shape index (κ3) is 4.87. The highest BCUT2D eigenvalue weighted by Crippen LogP contribution is 2.26. The average molecular weight is 321 g/mol. The Bertz CT molecular complexity index is 591. The fraction of sp³-hybridized carbons (Fsp3) is 0.529. The molecule has 0 bridgehead atoms. The lowest BCUT2D eigenvalue weighted by molar-refractivity contribution is -0.143. The quantitative estimate of drug-likeness (QED) is 0.861. The lowest BCUT2D eigenvalue weighted by atomic mass is 10.0. The van der Waals surface area contributed by atoms with Gasteiger partial charge in [0.1, 0.15) is 17.4 Å². The van der Waals surface area contributed by atoms with E-state index in [9.17, 15) is 9.59 Å². The van der Waals surface area contributed by atoms with E-state index in [-0.39, 0.29) is 0 Å². The third-order valence-corrected chi connectivity index (χ3v) is 3.37. The molecule has 1 heterocycles. The van der Waals surface area contributed by atoms with E-state index in [2.05, 4.69) is 5.32 Å². The van der Waals surface area contributed by atoms with Crippen LogP contribution in [0.2, 0.25) is 0 Å². The van der Waals surface area contributed by atoms with E-state index in [0.717, 1.165) is 23.3 Å². The molecule has 1 aromatic rings. The normalized spacial score (nSPS) is 14.4. The minimum absolute atomic E-state index is 0.333. The molecule has 1 amide bonds. The maximum absolute atomic E-state index is 11.9. The first kappa shape index (κ1) is 17.1. The molecule has 0 saturated carbocycles. The van der Waals surface area contributed by atoms with Gasteiger partial charge in [-0.3, -0.25) is 0 Å². The summed E-state index contributed by atoms with van der Waals surface area (Å²) in [6, 6.07) is 4.97. The number of methoxy groups -OCH3 is 1. The Morgan fingerprint density at radius 3 is 2.74 bits per heavy atom. The van der Waals surface area contributed by atoms with Gasteiger partial charge in [0, 0.05) is 12.8 Å². The van der Waals surface area contributed by atoms with Crippen LogP contribution < -0.4 is 10.1 Å². The van der Waals surface area contributed by atoms with Gasteiger partial charge in [0.05, 0.1) is 13.7 Å². The second-order valence-electron chi connectivity index (χ2n) is 6.47. The summed E-state index contributed by atoms with van der Waals surface area (Å²) < 4.78 is 15.4. The highest BCUT2D eigenvalue weighted by Gasteiger charge is 2.25. The van der Waals surface area contributed by atoms with Gasteiger partial charge in [-0.2, -0.15) is 0 Å². The van der Waals surface area contributed by atoms with Crippen LogP contribution in [-0.4, -0.2) is 37.4 Å². The molecule has 1 aromatic carbocycles. The summed E-state index contributed by atoms with van der Waals surface area (Å²) in [5.74, 6) is 0.371. The highest BCUT2D eigenvalue weighted by molar-refractivity contribution is 5.81. The van der Waals surface area contributed by atoms with Crippen LogP contribution in [0.3, 0.4) is 0 Å². The van der Waals surface area contributed by atoms with E-state index in [0.29, 0.717) is 13.0 Å². The van der Waals surface area contributed by atoms with Crippen LogP contribution in [0, 0.1) is 0 Å². The van der Waals surface area contributed by atoms with Crippen LogP contribution in [-0.2, 0) is 27.1 Å². The summed E-state index contributed by atoms with van der Waals surface area (Å²) in [7, 11) is 1.29. The molecule has 0 spiro atoms. The Balaban J connectivity index is 2.07. The largest absolute Gasteiger partial charge is 0.493 e. The molecule has 1 N–H and O–H groups in total. The summed E-state index contributed by atoms with van der Waals surface area (Å²) in [4.78, 5) is 23.8. The van der Waals surface area contributed by atoms with E-state index in [1.165, 1.54) is 7.11 Å². The van der Waals surface area contributed by atoms with Crippen molar-refractivity contribution in [3.63, 3.8) is 0 Å². The zero-order chi connectivity index (χ0) is 17.0. The molecule has 1 aliphatic rings. The minimum Gasteiger partial charge on any atom is -0.493 e. The molecule has 23 heavy (non-hydrogen) atoms. The minimum atomic E-state index is -0.796. The van der Waals surface area contributed by atoms with Gasteiger partial charge >= 0.3 is 12.1 Å². The lowest BCUT2D eigenvalue weighted by Gasteiger charge is -2.22. The van der Waals surface area contributed by atoms with Crippen molar-refractivity contribution in [3.8, 4) is 5.75 Å². The number of benzene rings is 1. The number of nitrogens with one attached hydrogen (secondary N) is 1. The Labute approximate surface area is 136 Å². The fourth-order valence-corrected chi connectivity index (χ4v) is 2.39.